The van der Waals surface area contributed by atoms with Crippen LogP contribution in [0.4, 0.5) is 22.7 Å². The minimum absolute atomic E-state index is 0.0199. The Morgan fingerprint density at radius 1 is 0.432 bits per heavy atom. The number of aliphatic carboxylic acids is 1. The quantitative estimate of drug-likeness (QED) is 0.00760. The minimum atomic E-state index is -2.02. The molecule has 13 nitrogen and oxygen atoms in total. The van der Waals surface area contributed by atoms with E-state index >= 15 is 0 Å². The molecule has 0 saturated carbocycles. The summed E-state index contributed by atoms with van der Waals surface area (Å²) in [5, 5.41) is 35.7. The zero-order valence-corrected chi connectivity index (χ0v) is 50.6. The second kappa shape index (κ2) is 29.6. The van der Waals surface area contributed by atoms with Crippen LogP contribution in [-0.4, -0.2) is 109 Å². The van der Waals surface area contributed by atoms with E-state index in [-0.39, 0.29) is 39.1 Å². The lowest BCUT2D eigenvalue weighted by Crippen LogP contribution is -2.59. The molecule has 2 unspecified atom stereocenters. The van der Waals surface area contributed by atoms with Gasteiger partial charge in [0, 0.05) is 81.5 Å². The predicted molar refractivity (Wildman–Crippen MR) is 337 cm³/mol. The summed E-state index contributed by atoms with van der Waals surface area (Å²) in [4.78, 5) is 32.4. The van der Waals surface area contributed by atoms with Crippen molar-refractivity contribution in [1.29, 1.82) is 0 Å². The molecule has 6 rings (SSSR count). The molecule has 0 saturated heterocycles. The largest absolute Gasteiger partial charge is 0.494 e. The number of carboxylic acids is 1. The molecule has 0 heterocycles. The molecule has 0 aliphatic rings. The van der Waals surface area contributed by atoms with Gasteiger partial charge in [0.15, 0.2) is 4.87 Å². The summed E-state index contributed by atoms with van der Waals surface area (Å²) in [5.74, 6) is -0.678. The number of carboxylic acid groups (broad SMARTS) is 1. The lowest BCUT2D eigenvalue weighted by molar-refractivity contribution is -0.144. The number of nitrogens with zero attached hydrogens (tertiary/aromatic N) is 4. The molecule has 0 radical (unpaired) electrons. The van der Waals surface area contributed by atoms with E-state index in [1.54, 1.807) is 24.3 Å². The van der Waals surface area contributed by atoms with Gasteiger partial charge in [0.05, 0.1) is 11.4 Å². The number of ether oxygens (including phenoxy) is 3. The van der Waals surface area contributed by atoms with Crippen LogP contribution >= 0.6 is 25.3 Å². The Kier molecular flexibility index (Phi) is 23.3. The van der Waals surface area contributed by atoms with E-state index in [0.29, 0.717) is 35.5 Å². The molecule has 0 amide bonds. The molecule has 0 spiro atoms. The number of unbranched alkanes of at least 4 members (excludes halogenated alkanes) is 1. The molecule has 5 N–H and O–H groups in total. The average molecular weight is 1140 g/mol. The molecule has 6 aromatic rings. The molecule has 0 bridgehead atoms. The van der Waals surface area contributed by atoms with Crippen molar-refractivity contribution in [3.05, 3.63) is 179 Å². The Labute approximate surface area is 492 Å². The Morgan fingerprint density at radius 3 is 1.00 bits per heavy atom. The number of hydrogen-bond acceptors (Lipinski definition) is 14. The lowest BCUT2D eigenvalue weighted by atomic mass is 9.80. The molecule has 0 aliphatic carbocycles. The number of esters is 1. The zero-order chi connectivity index (χ0) is 58.8. The van der Waals surface area contributed by atoms with Crippen LogP contribution in [0.5, 0.6) is 11.5 Å². The second-order valence-electron chi connectivity index (χ2n) is 20.3. The number of rotatable bonds is 33. The number of carbonyl (C=O) groups excluding carboxylic acids is 1. The van der Waals surface area contributed by atoms with E-state index in [1.165, 1.54) is 0 Å². The maximum absolute atomic E-state index is 12.9. The Bertz CT molecular complexity index is 2750. The molecule has 15 heteroatoms. The van der Waals surface area contributed by atoms with Crippen LogP contribution in [0.2, 0.25) is 0 Å². The lowest BCUT2D eigenvalue weighted by Gasteiger charge is -2.39. The van der Waals surface area contributed by atoms with Crippen molar-refractivity contribution in [3.63, 3.8) is 0 Å². The summed E-state index contributed by atoms with van der Waals surface area (Å²) in [6, 6.07) is 46.9. The molecular weight excluding hydrogens is 1050 g/mol. The average Bonchev–Trinajstić information content (AvgIpc) is 3.53. The van der Waals surface area contributed by atoms with Gasteiger partial charge in [0.1, 0.15) is 35.9 Å². The van der Waals surface area contributed by atoms with Gasteiger partial charge in [-0.1, -0.05) is 79.2 Å². The number of benzene rings is 6. The number of nitrogens with two attached hydrogens (primary N) is 1. The van der Waals surface area contributed by atoms with Crippen LogP contribution < -0.4 is 34.8 Å². The molecule has 81 heavy (non-hydrogen) atoms. The summed E-state index contributed by atoms with van der Waals surface area (Å²) in [7, 11) is 0. The third kappa shape index (κ3) is 15.0. The predicted octanol–water partition coefficient (Wildman–Crippen LogP) is 11.9. The molecular formula is C66H87N5O8S2. The number of thiol groups is 2. The third-order valence-corrected chi connectivity index (χ3v) is 17.5. The van der Waals surface area contributed by atoms with Gasteiger partial charge >= 0.3 is 11.9 Å². The van der Waals surface area contributed by atoms with E-state index < -0.39 is 32.8 Å². The van der Waals surface area contributed by atoms with Gasteiger partial charge in [0.25, 0.3) is 0 Å². The smallest absolute Gasteiger partial charge is 0.335 e. The van der Waals surface area contributed by atoms with E-state index in [0.717, 1.165) is 97.4 Å². The number of aliphatic hydroxyl groups is 2. The van der Waals surface area contributed by atoms with Gasteiger partial charge in [-0.15, -0.1) is 12.6 Å². The van der Waals surface area contributed by atoms with Crippen LogP contribution in [0, 0.1) is 0 Å². The van der Waals surface area contributed by atoms with Gasteiger partial charge in [-0.3, -0.25) is 4.79 Å². The van der Waals surface area contributed by atoms with Crippen LogP contribution in [-0.2, 0) is 25.5 Å². The van der Waals surface area contributed by atoms with Crippen molar-refractivity contribution in [2.45, 2.75) is 108 Å². The van der Waals surface area contributed by atoms with Crippen molar-refractivity contribution in [2.75, 3.05) is 91.8 Å². The van der Waals surface area contributed by atoms with Gasteiger partial charge < -0.3 is 54.9 Å². The van der Waals surface area contributed by atoms with Crippen LogP contribution in [0.3, 0.4) is 0 Å². The van der Waals surface area contributed by atoms with Crippen LogP contribution in [0.1, 0.15) is 121 Å². The van der Waals surface area contributed by atoms with Crippen molar-refractivity contribution in [2.24, 2.45) is 5.73 Å². The maximum atomic E-state index is 12.9. The molecule has 0 fully saturated rings. The van der Waals surface area contributed by atoms with Crippen LogP contribution in [0.15, 0.2) is 146 Å². The summed E-state index contributed by atoms with van der Waals surface area (Å²) in [5.41, 5.74) is 12.0. The summed E-state index contributed by atoms with van der Waals surface area (Å²) < 4.78 is 16.3. The van der Waals surface area contributed by atoms with Crippen molar-refractivity contribution in [1.82, 2.24) is 0 Å². The first-order valence-corrected chi connectivity index (χ1v) is 29.8. The zero-order valence-electron chi connectivity index (χ0n) is 48.8. The first-order chi connectivity index (χ1) is 38.9. The molecule has 436 valence electrons. The van der Waals surface area contributed by atoms with Gasteiger partial charge in [-0.25, -0.2) is 4.79 Å². The van der Waals surface area contributed by atoms with Crippen molar-refractivity contribution >= 4 is 59.9 Å². The standard InChI is InChI=1S/C66H87N5O8S2/c1-9-68(10-2)55-32-20-49(21-33-55)64(75,50-22-34-56(35-23-50)69(11-3)12-4)53-28-40-59(41-29-53)77-46-45-63(80,66(67,81)62(73)74)44-18-17-19-61(72)79-48-47-78-60-42-30-54(31-43-60)65(76,51-24-36-57(37-25-51)70(13-5)14-6)52-26-38-58(39-27-52)71(15-7)16-8/h20-43,75-76,80-81H,9-19,44-48,67H2,1-8H3,(H,73,74). The highest BCUT2D eigenvalue weighted by molar-refractivity contribution is 7.87. The number of hydrogen-bond donors (Lipinski definition) is 6. The first-order valence-electron chi connectivity index (χ1n) is 28.9. The highest BCUT2D eigenvalue weighted by Gasteiger charge is 2.49. The topological polar surface area (TPSA) is 162 Å². The highest BCUT2D eigenvalue weighted by atomic mass is 32.1. The van der Waals surface area contributed by atoms with Crippen molar-refractivity contribution < 1.29 is 39.1 Å². The third-order valence-electron chi connectivity index (χ3n) is 15.9. The summed E-state index contributed by atoms with van der Waals surface area (Å²) in [6.45, 7) is 24.2. The number of carbonyl (C=O) groups is 2. The highest BCUT2D eigenvalue weighted by Crippen LogP contribution is 2.42. The Balaban J connectivity index is 1.03. The SMILES string of the molecule is CCN(CC)c1ccc(C(O)(c2ccc(OCCOC(=O)CCCCC(S)(CCOc3ccc(C(O)(c4ccc(N(CC)CC)cc4)c4ccc(N(CC)CC)cc4)cc3)C(N)(S)C(=O)O)cc2)c2ccc(N(CC)CC)cc2)cc1. The maximum Gasteiger partial charge on any atom is 0.335 e. The summed E-state index contributed by atoms with van der Waals surface area (Å²) in [6.07, 6.45) is 1.26. The van der Waals surface area contributed by atoms with E-state index in [1.807, 2.05) is 97.1 Å². The van der Waals surface area contributed by atoms with Crippen molar-refractivity contribution in [3.8, 4) is 11.5 Å². The fraction of sp³-hybridized carbons (Fsp3) is 0.424. The molecule has 2 atom stereocenters. The monoisotopic (exact) mass is 1140 g/mol. The fourth-order valence-electron chi connectivity index (χ4n) is 10.7. The molecule has 0 aliphatic heterocycles. The Hall–Kier alpha value is -6.36. The molecule has 6 aromatic carbocycles. The second-order valence-corrected chi connectivity index (χ2v) is 21.9. The first kappa shape index (κ1) is 63.8. The Morgan fingerprint density at radius 2 is 0.716 bits per heavy atom. The van der Waals surface area contributed by atoms with E-state index in [4.69, 9.17) is 32.6 Å². The van der Waals surface area contributed by atoms with Gasteiger partial charge in [0.2, 0.25) is 0 Å². The fourth-order valence-corrected chi connectivity index (χ4v) is 11.3. The number of anilines is 4. The normalized spacial score (nSPS) is 13.1. The van der Waals surface area contributed by atoms with Gasteiger partial charge in [-0.2, -0.15) is 12.6 Å². The minimum Gasteiger partial charge on any atom is -0.494 e. The van der Waals surface area contributed by atoms with Gasteiger partial charge in [-0.05, 0) is 181 Å². The molecule has 0 aromatic heterocycles. The van der Waals surface area contributed by atoms with Crippen LogP contribution in [0.25, 0.3) is 0 Å². The summed E-state index contributed by atoms with van der Waals surface area (Å²) >= 11 is 9.25. The van der Waals surface area contributed by atoms with E-state index in [2.05, 4.69) is 112 Å². The van der Waals surface area contributed by atoms with E-state index in [9.17, 15) is 24.9 Å².